The fraction of sp³-hybridized carbons (Fsp3) is 0.300. The van der Waals surface area contributed by atoms with Crippen LogP contribution in [0.5, 0.6) is 0 Å². The van der Waals surface area contributed by atoms with E-state index in [9.17, 15) is 9.59 Å². The Kier molecular flexibility index (Phi) is 8.67. The highest BCUT2D eigenvalue weighted by Gasteiger charge is 2.23. The Balaban J connectivity index is 2.07. The number of halogens is 2. The third-order valence-corrected chi connectivity index (χ3v) is 5.58. The number of amides is 2. The van der Waals surface area contributed by atoms with Gasteiger partial charge in [0.1, 0.15) is 6.04 Å². The molecule has 144 valence electrons. The van der Waals surface area contributed by atoms with Crippen molar-refractivity contribution < 1.29 is 9.59 Å². The first-order chi connectivity index (χ1) is 12.9. The molecule has 2 aromatic carbocycles. The van der Waals surface area contributed by atoms with E-state index in [2.05, 4.69) is 26.6 Å². The Morgan fingerprint density at radius 3 is 2.41 bits per heavy atom. The van der Waals surface area contributed by atoms with Crippen LogP contribution in [0.25, 0.3) is 0 Å². The first kappa shape index (κ1) is 21.8. The molecule has 2 amide bonds. The summed E-state index contributed by atoms with van der Waals surface area (Å²) in [5.74, 6) is 0.200. The van der Waals surface area contributed by atoms with E-state index in [0.29, 0.717) is 17.0 Å². The second kappa shape index (κ2) is 10.7. The Morgan fingerprint density at radius 2 is 1.78 bits per heavy atom. The predicted octanol–water partition coefficient (Wildman–Crippen LogP) is 4.83. The van der Waals surface area contributed by atoms with Crippen molar-refractivity contribution in [2.24, 2.45) is 0 Å². The third kappa shape index (κ3) is 6.55. The highest BCUT2D eigenvalue weighted by atomic mass is 79.9. The van der Waals surface area contributed by atoms with Crippen molar-refractivity contribution in [2.45, 2.75) is 25.4 Å². The van der Waals surface area contributed by atoms with E-state index < -0.39 is 6.04 Å². The van der Waals surface area contributed by atoms with Crippen molar-refractivity contribution in [3.63, 3.8) is 0 Å². The normalized spacial score (nSPS) is 12.9. The van der Waals surface area contributed by atoms with Gasteiger partial charge < -0.3 is 10.6 Å². The summed E-state index contributed by atoms with van der Waals surface area (Å²) in [6.45, 7) is 1.92. The van der Waals surface area contributed by atoms with Gasteiger partial charge in [0.05, 0.1) is 16.6 Å². The molecule has 0 heterocycles. The number of carbonyl (C=O) groups is 2. The molecule has 7 heteroatoms. The summed E-state index contributed by atoms with van der Waals surface area (Å²) in [6, 6.07) is 13.8. The number of nitrogens with one attached hydrogen (secondary N) is 2. The summed E-state index contributed by atoms with van der Waals surface area (Å²) in [7, 11) is 0. The molecule has 2 aromatic rings. The maximum atomic E-state index is 12.8. The summed E-state index contributed by atoms with van der Waals surface area (Å²) >= 11 is 11.1. The van der Waals surface area contributed by atoms with E-state index in [1.54, 1.807) is 36.0 Å². The first-order valence-corrected chi connectivity index (χ1v) is 11.1. The fourth-order valence-electron chi connectivity index (χ4n) is 2.53. The van der Waals surface area contributed by atoms with Crippen molar-refractivity contribution in [3.8, 4) is 0 Å². The highest BCUT2D eigenvalue weighted by molar-refractivity contribution is 9.10. The minimum Gasteiger partial charge on any atom is -0.348 e. The number of carbonyl (C=O) groups excluding carboxylic acids is 2. The topological polar surface area (TPSA) is 58.2 Å². The van der Waals surface area contributed by atoms with Crippen molar-refractivity contribution >= 4 is 51.1 Å². The zero-order valence-electron chi connectivity index (χ0n) is 15.2. The SMILES string of the molecule is CSCCC(NC(=O)c1ccccc1Cl)C(=O)NC(C)c1ccc(Br)cc1. The second-order valence-electron chi connectivity index (χ2n) is 6.07. The van der Waals surface area contributed by atoms with Gasteiger partial charge in [0.15, 0.2) is 0 Å². The molecule has 0 radical (unpaired) electrons. The van der Waals surface area contributed by atoms with Crippen molar-refractivity contribution in [1.29, 1.82) is 0 Å². The smallest absolute Gasteiger partial charge is 0.253 e. The average molecular weight is 470 g/mol. The maximum Gasteiger partial charge on any atom is 0.253 e. The zero-order valence-corrected chi connectivity index (χ0v) is 18.3. The quantitative estimate of drug-likeness (QED) is 0.582. The average Bonchev–Trinajstić information content (AvgIpc) is 2.65. The van der Waals surface area contributed by atoms with Gasteiger partial charge >= 0.3 is 0 Å². The molecule has 2 rings (SSSR count). The van der Waals surface area contributed by atoms with Gasteiger partial charge in [0.2, 0.25) is 5.91 Å². The van der Waals surface area contributed by atoms with Crippen LogP contribution in [0.1, 0.15) is 35.3 Å². The lowest BCUT2D eigenvalue weighted by Crippen LogP contribution is -2.47. The van der Waals surface area contributed by atoms with Gasteiger partial charge in [0, 0.05) is 4.47 Å². The van der Waals surface area contributed by atoms with Crippen LogP contribution < -0.4 is 10.6 Å². The summed E-state index contributed by atoms with van der Waals surface area (Å²) in [6.07, 6.45) is 2.51. The Bertz CT molecular complexity index is 786. The van der Waals surface area contributed by atoms with Gasteiger partial charge in [-0.05, 0) is 55.2 Å². The molecule has 4 nitrogen and oxygen atoms in total. The standard InChI is InChI=1S/C20H22BrClN2O2S/c1-13(14-7-9-15(21)10-8-14)23-20(26)18(11-12-27-2)24-19(25)16-5-3-4-6-17(16)22/h3-10,13,18H,11-12H2,1-2H3,(H,23,26)(H,24,25). The first-order valence-electron chi connectivity index (χ1n) is 8.52. The molecule has 0 aliphatic rings. The molecule has 0 aromatic heterocycles. The lowest BCUT2D eigenvalue weighted by molar-refractivity contribution is -0.123. The summed E-state index contributed by atoms with van der Waals surface area (Å²) in [4.78, 5) is 25.3. The molecule has 2 atom stereocenters. The molecule has 0 spiro atoms. The monoisotopic (exact) mass is 468 g/mol. The minimum absolute atomic E-state index is 0.167. The van der Waals surface area contributed by atoms with Gasteiger partial charge in [-0.2, -0.15) is 11.8 Å². The van der Waals surface area contributed by atoms with Gasteiger partial charge in [0.25, 0.3) is 5.91 Å². The van der Waals surface area contributed by atoms with Crippen molar-refractivity contribution in [2.75, 3.05) is 12.0 Å². The van der Waals surface area contributed by atoms with E-state index in [1.807, 2.05) is 37.4 Å². The van der Waals surface area contributed by atoms with Crippen LogP contribution in [0.15, 0.2) is 53.0 Å². The van der Waals surface area contributed by atoms with E-state index in [4.69, 9.17) is 11.6 Å². The largest absolute Gasteiger partial charge is 0.348 e. The third-order valence-electron chi connectivity index (χ3n) is 4.08. The lowest BCUT2D eigenvalue weighted by Gasteiger charge is -2.22. The minimum atomic E-state index is -0.626. The summed E-state index contributed by atoms with van der Waals surface area (Å²) in [5.41, 5.74) is 1.36. The van der Waals surface area contributed by atoms with Crippen LogP contribution in [0.2, 0.25) is 5.02 Å². The maximum absolute atomic E-state index is 12.8. The molecule has 0 fully saturated rings. The second-order valence-corrected chi connectivity index (χ2v) is 8.38. The van der Waals surface area contributed by atoms with Crippen molar-refractivity contribution in [3.05, 3.63) is 69.2 Å². The van der Waals surface area contributed by atoms with Crippen LogP contribution in [0.3, 0.4) is 0 Å². The molecular weight excluding hydrogens is 448 g/mol. The Labute approximate surface area is 177 Å². The van der Waals surface area contributed by atoms with E-state index in [1.165, 1.54) is 0 Å². The van der Waals surface area contributed by atoms with Crippen LogP contribution in [-0.2, 0) is 4.79 Å². The lowest BCUT2D eigenvalue weighted by atomic mass is 10.1. The molecule has 2 unspecified atom stereocenters. The number of hydrogen-bond acceptors (Lipinski definition) is 3. The number of thioether (sulfide) groups is 1. The number of hydrogen-bond donors (Lipinski definition) is 2. The molecular formula is C20H22BrClN2O2S. The Hall–Kier alpha value is -1.50. The molecule has 0 aliphatic heterocycles. The molecule has 0 aliphatic carbocycles. The Morgan fingerprint density at radius 1 is 1.11 bits per heavy atom. The zero-order chi connectivity index (χ0) is 19.8. The number of benzene rings is 2. The highest BCUT2D eigenvalue weighted by Crippen LogP contribution is 2.18. The summed E-state index contributed by atoms with van der Waals surface area (Å²) < 4.78 is 0.981. The molecule has 0 saturated carbocycles. The van der Waals surface area contributed by atoms with Crippen LogP contribution >= 0.6 is 39.3 Å². The fourth-order valence-corrected chi connectivity index (χ4v) is 3.49. The summed E-state index contributed by atoms with van der Waals surface area (Å²) in [5, 5.41) is 6.17. The van der Waals surface area contributed by atoms with Crippen LogP contribution in [-0.4, -0.2) is 29.9 Å². The molecule has 27 heavy (non-hydrogen) atoms. The van der Waals surface area contributed by atoms with Crippen LogP contribution in [0, 0.1) is 0 Å². The van der Waals surface area contributed by atoms with Crippen LogP contribution in [0.4, 0.5) is 0 Å². The number of rotatable bonds is 8. The van der Waals surface area contributed by atoms with Gasteiger partial charge in [-0.1, -0.05) is 51.8 Å². The van der Waals surface area contributed by atoms with Crippen molar-refractivity contribution in [1.82, 2.24) is 10.6 Å². The van der Waals surface area contributed by atoms with Gasteiger partial charge in [-0.15, -0.1) is 0 Å². The van der Waals surface area contributed by atoms with E-state index >= 15 is 0 Å². The molecule has 2 N–H and O–H groups in total. The molecule has 0 saturated heterocycles. The molecule has 0 bridgehead atoms. The van der Waals surface area contributed by atoms with Gasteiger partial charge in [-0.3, -0.25) is 9.59 Å². The van der Waals surface area contributed by atoms with Gasteiger partial charge in [-0.25, -0.2) is 0 Å². The van der Waals surface area contributed by atoms with E-state index in [0.717, 1.165) is 15.8 Å². The predicted molar refractivity (Wildman–Crippen MR) is 116 cm³/mol. The van der Waals surface area contributed by atoms with E-state index in [-0.39, 0.29) is 17.9 Å².